The number of rotatable bonds is 6. The second kappa shape index (κ2) is 6.25. The van der Waals surface area contributed by atoms with Crippen LogP contribution in [0.3, 0.4) is 0 Å². The largest absolute Gasteiger partial charge is 0.487 e. The summed E-state index contributed by atoms with van der Waals surface area (Å²) in [7, 11) is 3.84. The predicted octanol–water partition coefficient (Wildman–Crippen LogP) is 2.36. The third kappa shape index (κ3) is 3.31. The van der Waals surface area contributed by atoms with E-state index in [-0.39, 0.29) is 11.4 Å². The highest BCUT2D eigenvalue weighted by Gasteiger charge is 2.17. The summed E-state index contributed by atoms with van der Waals surface area (Å²) in [4.78, 5) is 16.8. The van der Waals surface area contributed by atoms with Crippen LogP contribution in [0.1, 0.15) is 12.7 Å². The lowest BCUT2D eigenvalue weighted by Gasteiger charge is -2.19. The van der Waals surface area contributed by atoms with Gasteiger partial charge in [-0.05, 0) is 13.0 Å². The molecule has 0 radical (unpaired) electrons. The molecule has 0 atom stereocenters. The summed E-state index contributed by atoms with van der Waals surface area (Å²) in [6.45, 7) is 2.79. The maximum atomic E-state index is 11.0. The number of hydrogen-bond acceptors (Lipinski definition) is 5. The molecule has 0 fully saturated rings. The Morgan fingerprint density at radius 1 is 1.48 bits per heavy atom. The molecule has 0 saturated carbocycles. The van der Waals surface area contributed by atoms with Gasteiger partial charge in [-0.2, -0.15) is 0 Å². The van der Waals surface area contributed by atoms with Crippen molar-refractivity contribution in [2.24, 2.45) is 7.05 Å². The summed E-state index contributed by atoms with van der Waals surface area (Å²) < 4.78 is 7.29. The molecule has 0 saturated heterocycles. The molecule has 21 heavy (non-hydrogen) atoms. The molecule has 7 nitrogen and oxygen atoms in total. The van der Waals surface area contributed by atoms with Gasteiger partial charge in [0.25, 0.3) is 0 Å². The Bertz CT molecular complexity index is 639. The number of nitro groups is 1. The van der Waals surface area contributed by atoms with E-state index in [9.17, 15) is 10.1 Å². The third-order valence-electron chi connectivity index (χ3n) is 3.18. The Morgan fingerprint density at radius 3 is 2.81 bits per heavy atom. The van der Waals surface area contributed by atoms with Gasteiger partial charge < -0.3 is 14.2 Å². The Hall–Kier alpha value is -2.57. The van der Waals surface area contributed by atoms with Crippen molar-refractivity contribution in [2.45, 2.75) is 13.5 Å². The molecule has 0 unspecified atom stereocenters. The molecule has 2 aromatic rings. The molecule has 7 heteroatoms. The Balaban J connectivity index is 2.25. The average Bonchev–Trinajstić information content (AvgIpc) is 2.84. The minimum absolute atomic E-state index is 0.0222. The lowest BCUT2D eigenvalue weighted by molar-refractivity contribution is -0.385. The van der Waals surface area contributed by atoms with Crippen LogP contribution in [0.2, 0.25) is 0 Å². The molecule has 0 aliphatic rings. The standard InChI is InChI=1S/C14H18N4O3/c1-4-21-13-9-11(5-6-12(13)18(19)20)17(3)10-14-15-7-8-16(14)2/h5-9H,4,10H2,1-3H3. The lowest BCUT2D eigenvalue weighted by Crippen LogP contribution is -2.19. The molecule has 1 heterocycles. The molecule has 0 aliphatic heterocycles. The molecular formula is C14H18N4O3. The van der Waals surface area contributed by atoms with E-state index in [1.165, 1.54) is 6.07 Å². The number of nitro benzene ring substituents is 1. The van der Waals surface area contributed by atoms with Crippen LogP contribution in [0.4, 0.5) is 11.4 Å². The van der Waals surface area contributed by atoms with Gasteiger partial charge in [-0.1, -0.05) is 0 Å². The fourth-order valence-electron chi connectivity index (χ4n) is 2.01. The Labute approximate surface area is 122 Å². The van der Waals surface area contributed by atoms with E-state index in [2.05, 4.69) is 4.98 Å². The molecule has 1 aromatic carbocycles. The highest BCUT2D eigenvalue weighted by Crippen LogP contribution is 2.31. The number of benzene rings is 1. The van der Waals surface area contributed by atoms with Crippen molar-refractivity contribution in [1.82, 2.24) is 9.55 Å². The van der Waals surface area contributed by atoms with Crippen LogP contribution >= 0.6 is 0 Å². The summed E-state index contributed by atoms with van der Waals surface area (Å²) >= 11 is 0. The van der Waals surface area contributed by atoms with E-state index in [4.69, 9.17) is 4.74 Å². The number of aryl methyl sites for hydroxylation is 1. The highest BCUT2D eigenvalue weighted by atomic mass is 16.6. The summed E-state index contributed by atoms with van der Waals surface area (Å²) in [5, 5.41) is 11.0. The van der Waals surface area contributed by atoms with Gasteiger partial charge in [-0.3, -0.25) is 10.1 Å². The van der Waals surface area contributed by atoms with Crippen LogP contribution in [0.15, 0.2) is 30.6 Å². The van der Waals surface area contributed by atoms with E-state index < -0.39 is 4.92 Å². The first kappa shape index (κ1) is 14.8. The first-order valence-corrected chi connectivity index (χ1v) is 6.61. The normalized spacial score (nSPS) is 10.4. The predicted molar refractivity (Wildman–Crippen MR) is 79.6 cm³/mol. The van der Waals surface area contributed by atoms with Gasteiger partial charge in [0.1, 0.15) is 5.82 Å². The van der Waals surface area contributed by atoms with Gasteiger partial charge in [0.15, 0.2) is 5.75 Å². The maximum Gasteiger partial charge on any atom is 0.311 e. The monoisotopic (exact) mass is 290 g/mol. The SMILES string of the molecule is CCOc1cc(N(C)Cc2nccn2C)ccc1[N+](=O)[O-]. The van der Waals surface area contributed by atoms with E-state index in [1.807, 2.05) is 29.8 Å². The zero-order valence-corrected chi connectivity index (χ0v) is 12.3. The number of nitrogens with zero attached hydrogens (tertiary/aromatic N) is 4. The van der Waals surface area contributed by atoms with Crippen LogP contribution in [-0.2, 0) is 13.6 Å². The molecule has 0 amide bonds. The zero-order valence-electron chi connectivity index (χ0n) is 12.3. The molecule has 0 spiro atoms. The first-order chi connectivity index (χ1) is 10.0. The molecular weight excluding hydrogens is 272 g/mol. The second-order valence-corrected chi connectivity index (χ2v) is 4.65. The van der Waals surface area contributed by atoms with E-state index >= 15 is 0 Å². The van der Waals surface area contributed by atoms with Gasteiger partial charge in [0.2, 0.25) is 0 Å². The molecule has 0 bridgehead atoms. The zero-order chi connectivity index (χ0) is 15.4. The van der Waals surface area contributed by atoms with Gasteiger partial charge in [-0.15, -0.1) is 0 Å². The molecule has 0 aliphatic carbocycles. The third-order valence-corrected chi connectivity index (χ3v) is 3.18. The van der Waals surface area contributed by atoms with Crippen LogP contribution < -0.4 is 9.64 Å². The second-order valence-electron chi connectivity index (χ2n) is 4.65. The minimum Gasteiger partial charge on any atom is -0.487 e. The smallest absolute Gasteiger partial charge is 0.311 e. The fourth-order valence-corrected chi connectivity index (χ4v) is 2.01. The first-order valence-electron chi connectivity index (χ1n) is 6.61. The summed E-state index contributed by atoms with van der Waals surface area (Å²) in [5.41, 5.74) is 0.818. The fraction of sp³-hybridized carbons (Fsp3) is 0.357. The maximum absolute atomic E-state index is 11.0. The number of imidazole rings is 1. The van der Waals surface area contributed by atoms with Crippen molar-refractivity contribution >= 4 is 11.4 Å². The molecule has 112 valence electrons. The van der Waals surface area contributed by atoms with E-state index in [1.54, 1.807) is 25.3 Å². The summed E-state index contributed by atoms with van der Waals surface area (Å²) in [5.74, 6) is 1.19. The van der Waals surface area contributed by atoms with Crippen molar-refractivity contribution < 1.29 is 9.66 Å². The van der Waals surface area contributed by atoms with Crippen molar-refractivity contribution in [3.05, 3.63) is 46.5 Å². The topological polar surface area (TPSA) is 73.4 Å². The number of ether oxygens (including phenoxy) is 1. The van der Waals surface area contributed by atoms with Crippen molar-refractivity contribution in [2.75, 3.05) is 18.6 Å². The van der Waals surface area contributed by atoms with Crippen LogP contribution in [0.25, 0.3) is 0 Å². The number of hydrogen-bond donors (Lipinski definition) is 0. The molecule has 1 aromatic heterocycles. The molecule has 2 rings (SSSR count). The van der Waals surface area contributed by atoms with Crippen LogP contribution in [0.5, 0.6) is 5.75 Å². The van der Waals surface area contributed by atoms with Crippen molar-refractivity contribution in [3.8, 4) is 5.75 Å². The highest BCUT2D eigenvalue weighted by molar-refractivity contribution is 5.59. The summed E-state index contributed by atoms with van der Waals surface area (Å²) in [6, 6.07) is 4.86. The van der Waals surface area contributed by atoms with Gasteiger partial charge in [0, 0.05) is 44.3 Å². The quantitative estimate of drug-likeness (QED) is 0.603. The Morgan fingerprint density at radius 2 is 2.24 bits per heavy atom. The van der Waals surface area contributed by atoms with Crippen LogP contribution in [-0.4, -0.2) is 28.1 Å². The minimum atomic E-state index is -0.437. The Kier molecular flexibility index (Phi) is 4.42. The van der Waals surface area contributed by atoms with E-state index in [0.29, 0.717) is 13.2 Å². The molecule has 0 N–H and O–H groups in total. The van der Waals surface area contributed by atoms with E-state index in [0.717, 1.165) is 11.5 Å². The van der Waals surface area contributed by atoms with Crippen LogP contribution in [0, 0.1) is 10.1 Å². The van der Waals surface area contributed by atoms with Crippen molar-refractivity contribution in [1.29, 1.82) is 0 Å². The van der Waals surface area contributed by atoms with Crippen molar-refractivity contribution in [3.63, 3.8) is 0 Å². The van der Waals surface area contributed by atoms with Gasteiger partial charge in [-0.25, -0.2) is 4.98 Å². The van der Waals surface area contributed by atoms with Gasteiger partial charge in [0.05, 0.1) is 18.1 Å². The number of aromatic nitrogens is 2. The van der Waals surface area contributed by atoms with Gasteiger partial charge >= 0.3 is 5.69 Å². The lowest BCUT2D eigenvalue weighted by atomic mass is 10.2. The number of anilines is 1. The average molecular weight is 290 g/mol. The summed E-state index contributed by atoms with van der Waals surface area (Å²) in [6.07, 6.45) is 3.62.